The van der Waals surface area contributed by atoms with Crippen molar-refractivity contribution in [3.05, 3.63) is 0 Å². The summed E-state index contributed by atoms with van der Waals surface area (Å²) in [6.45, 7) is 1.41. The fourth-order valence-corrected chi connectivity index (χ4v) is 0.152. The molecule has 0 aromatic heterocycles. The quantitative estimate of drug-likeness (QED) is 0.410. The standard InChI is InChI=1S/C3H8N2O3/c1-2(3(6)7)5-8-4/h2,5H,4H2,1H3,(H,6,7)/t2-/m0/s1. The first-order valence-corrected chi connectivity index (χ1v) is 2.02. The third kappa shape index (κ3) is 2.51. The molecular weight excluding hydrogens is 112 g/mol. The summed E-state index contributed by atoms with van der Waals surface area (Å²) in [5.74, 6) is 3.49. The molecule has 1 atom stereocenters. The topological polar surface area (TPSA) is 84.6 Å². The monoisotopic (exact) mass is 120 g/mol. The van der Waals surface area contributed by atoms with Crippen molar-refractivity contribution >= 4 is 5.97 Å². The zero-order valence-corrected chi connectivity index (χ0v) is 4.42. The summed E-state index contributed by atoms with van der Waals surface area (Å²) in [5, 5.41) is 8.12. The van der Waals surface area contributed by atoms with Crippen molar-refractivity contribution in [1.29, 1.82) is 0 Å². The van der Waals surface area contributed by atoms with E-state index in [1.54, 1.807) is 0 Å². The van der Waals surface area contributed by atoms with Gasteiger partial charge in [-0.25, -0.2) is 4.94 Å². The Kier molecular flexibility index (Phi) is 3.09. The van der Waals surface area contributed by atoms with E-state index in [1.807, 2.05) is 5.48 Å². The van der Waals surface area contributed by atoms with Crippen molar-refractivity contribution in [2.45, 2.75) is 13.0 Å². The number of nitrogens with two attached hydrogens (primary N) is 1. The lowest BCUT2D eigenvalue weighted by molar-refractivity contribution is -0.143. The van der Waals surface area contributed by atoms with Crippen molar-refractivity contribution in [1.82, 2.24) is 5.48 Å². The lowest BCUT2D eigenvalue weighted by atomic mass is 10.4. The first-order valence-electron chi connectivity index (χ1n) is 2.02. The molecule has 48 valence electrons. The molecule has 0 heterocycles. The van der Waals surface area contributed by atoms with Crippen molar-refractivity contribution in [2.24, 2.45) is 5.90 Å². The molecule has 0 unspecified atom stereocenters. The van der Waals surface area contributed by atoms with Gasteiger partial charge in [0.15, 0.2) is 0 Å². The smallest absolute Gasteiger partial charge is 0.322 e. The summed E-state index contributed by atoms with van der Waals surface area (Å²) in [6.07, 6.45) is 0. The van der Waals surface area contributed by atoms with Crippen LogP contribution in [0.3, 0.4) is 0 Å². The second kappa shape index (κ2) is 3.36. The highest BCUT2D eigenvalue weighted by Gasteiger charge is 2.07. The van der Waals surface area contributed by atoms with E-state index in [0.29, 0.717) is 0 Å². The number of hydrogen-bond acceptors (Lipinski definition) is 4. The van der Waals surface area contributed by atoms with E-state index in [9.17, 15) is 4.79 Å². The number of aliphatic carboxylic acids is 1. The maximum absolute atomic E-state index is 9.89. The van der Waals surface area contributed by atoms with Gasteiger partial charge in [-0.3, -0.25) is 4.79 Å². The molecule has 0 rings (SSSR count). The van der Waals surface area contributed by atoms with Gasteiger partial charge in [0.05, 0.1) is 0 Å². The molecule has 0 saturated heterocycles. The van der Waals surface area contributed by atoms with Gasteiger partial charge in [0.25, 0.3) is 0 Å². The van der Waals surface area contributed by atoms with Gasteiger partial charge in [-0.2, -0.15) is 11.4 Å². The number of rotatable bonds is 3. The highest BCUT2D eigenvalue weighted by atomic mass is 16.8. The van der Waals surface area contributed by atoms with Gasteiger partial charge in [-0.1, -0.05) is 0 Å². The van der Waals surface area contributed by atoms with Crippen LogP contribution >= 0.6 is 0 Å². The number of carbonyl (C=O) groups is 1. The van der Waals surface area contributed by atoms with E-state index in [1.165, 1.54) is 6.92 Å². The van der Waals surface area contributed by atoms with Gasteiger partial charge in [-0.05, 0) is 6.92 Å². The molecule has 0 aliphatic rings. The minimum Gasteiger partial charge on any atom is -0.480 e. The molecule has 0 aliphatic carbocycles. The Morgan fingerprint density at radius 1 is 2.00 bits per heavy atom. The normalized spacial score (nSPS) is 13.2. The van der Waals surface area contributed by atoms with E-state index in [2.05, 4.69) is 10.8 Å². The zero-order valence-electron chi connectivity index (χ0n) is 4.42. The summed E-state index contributed by atoms with van der Waals surface area (Å²) in [6, 6.07) is -0.764. The van der Waals surface area contributed by atoms with Crippen molar-refractivity contribution in [3.63, 3.8) is 0 Å². The van der Waals surface area contributed by atoms with Crippen LogP contribution < -0.4 is 11.4 Å². The van der Waals surface area contributed by atoms with Crippen LogP contribution in [0.25, 0.3) is 0 Å². The van der Waals surface area contributed by atoms with Gasteiger partial charge in [0.1, 0.15) is 6.04 Å². The first kappa shape index (κ1) is 7.35. The largest absolute Gasteiger partial charge is 0.480 e. The minimum absolute atomic E-state index is 0.764. The lowest BCUT2D eigenvalue weighted by Crippen LogP contribution is -2.35. The molecule has 5 heteroatoms. The average Bonchev–Trinajstić information content (AvgIpc) is 1.67. The SMILES string of the molecule is C[C@H](NON)C(=O)O. The van der Waals surface area contributed by atoms with Crippen LogP contribution in [0.5, 0.6) is 0 Å². The molecule has 4 N–H and O–H groups in total. The second-order valence-electron chi connectivity index (χ2n) is 1.30. The first-order chi connectivity index (χ1) is 3.68. The molecule has 0 aromatic carbocycles. The van der Waals surface area contributed by atoms with Crippen LogP contribution in [0, 0.1) is 0 Å². The van der Waals surface area contributed by atoms with Crippen LogP contribution in [0.1, 0.15) is 6.92 Å². The summed E-state index contributed by atoms with van der Waals surface area (Å²) in [7, 11) is 0. The highest BCUT2D eigenvalue weighted by Crippen LogP contribution is 1.76. The number of hydroxylamine groups is 1. The molecular formula is C3H8N2O3. The second-order valence-corrected chi connectivity index (χ2v) is 1.30. The Hall–Kier alpha value is -0.650. The number of nitrogens with one attached hydrogen (secondary N) is 1. The van der Waals surface area contributed by atoms with Gasteiger partial charge in [0.2, 0.25) is 0 Å². The fraction of sp³-hybridized carbons (Fsp3) is 0.667. The van der Waals surface area contributed by atoms with Gasteiger partial charge in [-0.15, -0.1) is 0 Å². The zero-order chi connectivity index (χ0) is 6.57. The Labute approximate surface area is 46.3 Å². The third-order valence-electron chi connectivity index (χ3n) is 0.615. The summed E-state index contributed by atoms with van der Waals surface area (Å²) in [4.78, 5) is 13.7. The number of hydrogen-bond donors (Lipinski definition) is 3. The summed E-state index contributed by atoms with van der Waals surface area (Å²) >= 11 is 0. The van der Waals surface area contributed by atoms with E-state index in [0.717, 1.165) is 0 Å². The fourth-order valence-electron chi connectivity index (χ4n) is 0.152. The maximum Gasteiger partial charge on any atom is 0.322 e. The van der Waals surface area contributed by atoms with Crippen molar-refractivity contribution in [2.75, 3.05) is 0 Å². The molecule has 0 aliphatic heterocycles. The Morgan fingerprint density at radius 3 is 2.62 bits per heavy atom. The van der Waals surface area contributed by atoms with Crippen LogP contribution in [0.2, 0.25) is 0 Å². The molecule has 0 spiro atoms. The summed E-state index contributed by atoms with van der Waals surface area (Å²) in [5.41, 5.74) is 2.02. The van der Waals surface area contributed by atoms with Crippen LogP contribution in [-0.4, -0.2) is 17.1 Å². The van der Waals surface area contributed by atoms with Crippen LogP contribution in [-0.2, 0) is 9.73 Å². The molecule has 0 fully saturated rings. The van der Waals surface area contributed by atoms with Crippen molar-refractivity contribution < 1.29 is 14.8 Å². The molecule has 0 bridgehead atoms. The van der Waals surface area contributed by atoms with Crippen LogP contribution in [0.15, 0.2) is 0 Å². The highest BCUT2D eigenvalue weighted by molar-refractivity contribution is 5.72. The number of carboxylic acids is 1. The molecule has 0 saturated carbocycles. The third-order valence-corrected chi connectivity index (χ3v) is 0.615. The predicted molar refractivity (Wildman–Crippen MR) is 25.5 cm³/mol. The van der Waals surface area contributed by atoms with Gasteiger partial charge < -0.3 is 5.11 Å². The molecule has 8 heavy (non-hydrogen) atoms. The predicted octanol–water partition coefficient (Wildman–Crippen LogP) is -1.15. The molecule has 0 amide bonds. The Bertz CT molecular complexity index is 84.6. The van der Waals surface area contributed by atoms with E-state index < -0.39 is 12.0 Å². The van der Waals surface area contributed by atoms with E-state index in [4.69, 9.17) is 5.11 Å². The van der Waals surface area contributed by atoms with E-state index in [-0.39, 0.29) is 0 Å². The average molecular weight is 120 g/mol. The molecule has 0 radical (unpaired) electrons. The summed E-state index contributed by atoms with van der Waals surface area (Å²) < 4.78 is 0. The van der Waals surface area contributed by atoms with Gasteiger partial charge in [0, 0.05) is 0 Å². The van der Waals surface area contributed by atoms with E-state index >= 15 is 0 Å². The Balaban J connectivity index is 3.32. The maximum atomic E-state index is 9.89. The van der Waals surface area contributed by atoms with Gasteiger partial charge >= 0.3 is 5.97 Å². The lowest BCUT2D eigenvalue weighted by Gasteiger charge is -2.02. The molecule has 5 nitrogen and oxygen atoms in total. The van der Waals surface area contributed by atoms with Crippen molar-refractivity contribution in [3.8, 4) is 0 Å². The van der Waals surface area contributed by atoms with Crippen LogP contribution in [0.4, 0.5) is 0 Å². The Morgan fingerprint density at radius 2 is 2.50 bits per heavy atom. The molecule has 0 aromatic rings. The number of carboxylic acid groups (broad SMARTS) is 1. The minimum atomic E-state index is -1.00.